The van der Waals surface area contributed by atoms with Gasteiger partial charge in [-0.25, -0.2) is 0 Å². The van der Waals surface area contributed by atoms with E-state index in [1.54, 1.807) is 0 Å². The van der Waals surface area contributed by atoms with Crippen LogP contribution >= 0.6 is 0 Å². The SMILES string of the molecule is CCCC(CC)CO.N. The van der Waals surface area contributed by atoms with E-state index in [0.29, 0.717) is 12.5 Å². The first kappa shape index (κ1) is 11.7. The molecule has 4 N–H and O–H groups in total. The molecule has 0 heterocycles. The predicted octanol–water partition coefficient (Wildman–Crippen LogP) is 1.97. The molecule has 58 valence electrons. The van der Waals surface area contributed by atoms with Crippen molar-refractivity contribution in [2.45, 2.75) is 33.1 Å². The van der Waals surface area contributed by atoms with Crippen LogP contribution in [0.25, 0.3) is 0 Å². The lowest BCUT2D eigenvalue weighted by Crippen LogP contribution is -2.02. The second-order valence-electron chi connectivity index (χ2n) is 2.25. The third-order valence-corrected chi connectivity index (χ3v) is 1.53. The molecule has 0 aromatic rings. The molecule has 0 aliphatic rings. The highest BCUT2D eigenvalue weighted by Crippen LogP contribution is 2.08. The molecule has 0 aliphatic heterocycles. The number of rotatable bonds is 4. The second-order valence-corrected chi connectivity index (χ2v) is 2.25. The molecule has 2 nitrogen and oxygen atoms in total. The van der Waals surface area contributed by atoms with Crippen molar-refractivity contribution in [2.75, 3.05) is 6.61 Å². The zero-order valence-electron chi connectivity index (χ0n) is 6.56. The topological polar surface area (TPSA) is 55.2 Å². The molecular formula is C7H19NO. The summed E-state index contributed by atoms with van der Waals surface area (Å²) >= 11 is 0. The van der Waals surface area contributed by atoms with Crippen LogP contribution in [0.2, 0.25) is 0 Å². The number of hydrogen-bond donors (Lipinski definition) is 2. The highest BCUT2D eigenvalue weighted by Gasteiger charge is 2.00. The Morgan fingerprint density at radius 2 is 1.89 bits per heavy atom. The average Bonchev–Trinajstić information content (AvgIpc) is 1.83. The van der Waals surface area contributed by atoms with Gasteiger partial charge in [0.2, 0.25) is 0 Å². The van der Waals surface area contributed by atoms with Gasteiger partial charge >= 0.3 is 0 Å². The Balaban J connectivity index is 0. The van der Waals surface area contributed by atoms with Gasteiger partial charge in [-0.2, -0.15) is 0 Å². The van der Waals surface area contributed by atoms with Gasteiger partial charge in [-0.3, -0.25) is 0 Å². The lowest BCUT2D eigenvalue weighted by atomic mass is 10.0. The van der Waals surface area contributed by atoms with Crippen LogP contribution in [0.1, 0.15) is 33.1 Å². The van der Waals surface area contributed by atoms with Crippen LogP contribution in [0.15, 0.2) is 0 Å². The normalized spacial score (nSPS) is 12.3. The maximum Gasteiger partial charge on any atom is 0.0459 e. The Morgan fingerprint density at radius 3 is 2.00 bits per heavy atom. The molecule has 9 heavy (non-hydrogen) atoms. The summed E-state index contributed by atoms with van der Waals surface area (Å²) in [7, 11) is 0. The van der Waals surface area contributed by atoms with E-state index in [1.165, 1.54) is 12.8 Å². The molecule has 1 unspecified atom stereocenters. The minimum atomic E-state index is 0. The Morgan fingerprint density at radius 1 is 1.33 bits per heavy atom. The summed E-state index contributed by atoms with van der Waals surface area (Å²) in [6.07, 6.45) is 3.48. The van der Waals surface area contributed by atoms with Crippen LogP contribution in [0.4, 0.5) is 0 Å². The third kappa shape index (κ3) is 5.80. The highest BCUT2D eigenvalue weighted by atomic mass is 16.3. The summed E-state index contributed by atoms with van der Waals surface area (Å²) in [5, 5.41) is 8.66. The van der Waals surface area contributed by atoms with Gasteiger partial charge in [-0.1, -0.05) is 26.7 Å². The molecule has 0 spiro atoms. The van der Waals surface area contributed by atoms with E-state index in [2.05, 4.69) is 13.8 Å². The molecular weight excluding hydrogens is 114 g/mol. The van der Waals surface area contributed by atoms with E-state index in [-0.39, 0.29) is 6.15 Å². The lowest BCUT2D eigenvalue weighted by Gasteiger charge is -2.07. The smallest absolute Gasteiger partial charge is 0.0459 e. The van der Waals surface area contributed by atoms with Crippen molar-refractivity contribution in [3.8, 4) is 0 Å². The fourth-order valence-electron chi connectivity index (χ4n) is 0.833. The molecule has 0 aliphatic carbocycles. The van der Waals surface area contributed by atoms with E-state index < -0.39 is 0 Å². The summed E-state index contributed by atoms with van der Waals surface area (Å²) in [5.41, 5.74) is 0. The van der Waals surface area contributed by atoms with Gasteiger partial charge < -0.3 is 11.3 Å². The summed E-state index contributed by atoms with van der Waals surface area (Å²) in [5.74, 6) is 0.556. The molecule has 0 bridgehead atoms. The number of aliphatic hydroxyl groups is 1. The highest BCUT2D eigenvalue weighted by molar-refractivity contribution is 4.51. The average molecular weight is 133 g/mol. The van der Waals surface area contributed by atoms with Crippen molar-refractivity contribution < 1.29 is 5.11 Å². The molecule has 0 amide bonds. The van der Waals surface area contributed by atoms with Crippen molar-refractivity contribution in [1.29, 1.82) is 0 Å². The van der Waals surface area contributed by atoms with Crippen LogP contribution < -0.4 is 6.15 Å². The molecule has 0 aromatic heterocycles. The minimum absolute atomic E-state index is 0. The first-order chi connectivity index (χ1) is 3.85. The maximum atomic E-state index is 8.66. The Bertz CT molecular complexity index is 44.2. The van der Waals surface area contributed by atoms with Crippen molar-refractivity contribution in [2.24, 2.45) is 5.92 Å². The van der Waals surface area contributed by atoms with Crippen LogP contribution in [0, 0.1) is 5.92 Å². The number of hydrogen-bond acceptors (Lipinski definition) is 2. The molecule has 0 radical (unpaired) electrons. The zero-order chi connectivity index (χ0) is 6.41. The van der Waals surface area contributed by atoms with Gasteiger partial charge in [0.05, 0.1) is 0 Å². The van der Waals surface area contributed by atoms with Gasteiger partial charge in [0.15, 0.2) is 0 Å². The molecule has 0 saturated carbocycles. The molecule has 0 aromatic carbocycles. The number of aliphatic hydroxyl groups excluding tert-OH is 1. The first-order valence-electron chi connectivity index (χ1n) is 3.46. The van der Waals surface area contributed by atoms with Crippen LogP contribution in [0.3, 0.4) is 0 Å². The van der Waals surface area contributed by atoms with Gasteiger partial charge in [-0.15, -0.1) is 0 Å². The van der Waals surface area contributed by atoms with E-state index in [1.807, 2.05) is 0 Å². The van der Waals surface area contributed by atoms with Crippen molar-refractivity contribution in [1.82, 2.24) is 6.15 Å². The van der Waals surface area contributed by atoms with E-state index in [0.717, 1.165) is 6.42 Å². The van der Waals surface area contributed by atoms with Crippen LogP contribution in [-0.4, -0.2) is 11.7 Å². The van der Waals surface area contributed by atoms with Crippen LogP contribution in [0.5, 0.6) is 0 Å². The predicted molar refractivity (Wildman–Crippen MR) is 40.8 cm³/mol. The Labute approximate surface area is 57.9 Å². The molecule has 1 atom stereocenters. The summed E-state index contributed by atoms with van der Waals surface area (Å²) in [6.45, 7) is 4.64. The second kappa shape index (κ2) is 7.92. The first-order valence-corrected chi connectivity index (χ1v) is 3.46. The van der Waals surface area contributed by atoms with Gasteiger partial charge in [0.1, 0.15) is 0 Å². The van der Waals surface area contributed by atoms with Gasteiger partial charge in [0.25, 0.3) is 0 Å². The molecule has 0 rings (SSSR count). The van der Waals surface area contributed by atoms with Crippen molar-refractivity contribution in [3.63, 3.8) is 0 Å². The largest absolute Gasteiger partial charge is 0.396 e. The van der Waals surface area contributed by atoms with Crippen molar-refractivity contribution >= 4 is 0 Å². The zero-order valence-corrected chi connectivity index (χ0v) is 6.56. The monoisotopic (exact) mass is 133 g/mol. The van der Waals surface area contributed by atoms with Gasteiger partial charge in [-0.05, 0) is 12.3 Å². The fourth-order valence-corrected chi connectivity index (χ4v) is 0.833. The van der Waals surface area contributed by atoms with Gasteiger partial charge in [0, 0.05) is 6.61 Å². The quantitative estimate of drug-likeness (QED) is 0.616. The van der Waals surface area contributed by atoms with E-state index in [9.17, 15) is 0 Å². The Kier molecular flexibility index (Phi) is 10.3. The maximum absolute atomic E-state index is 8.66. The standard InChI is InChI=1S/C7H16O.H3N/c1-3-5-7(4-2)6-8;/h7-8H,3-6H2,1-2H3;1H3. The molecule has 0 fully saturated rings. The van der Waals surface area contributed by atoms with Crippen molar-refractivity contribution in [3.05, 3.63) is 0 Å². The molecule has 2 heteroatoms. The molecule has 0 saturated heterocycles. The fraction of sp³-hybridized carbons (Fsp3) is 1.00. The summed E-state index contributed by atoms with van der Waals surface area (Å²) < 4.78 is 0. The van der Waals surface area contributed by atoms with E-state index >= 15 is 0 Å². The Hall–Kier alpha value is -0.0800. The van der Waals surface area contributed by atoms with Crippen LogP contribution in [-0.2, 0) is 0 Å². The summed E-state index contributed by atoms with van der Waals surface area (Å²) in [6, 6.07) is 0. The lowest BCUT2D eigenvalue weighted by molar-refractivity contribution is 0.214. The minimum Gasteiger partial charge on any atom is -0.396 e. The summed E-state index contributed by atoms with van der Waals surface area (Å²) in [4.78, 5) is 0. The van der Waals surface area contributed by atoms with E-state index in [4.69, 9.17) is 5.11 Å². The third-order valence-electron chi connectivity index (χ3n) is 1.53.